The van der Waals surface area contributed by atoms with Gasteiger partial charge in [-0.25, -0.2) is 0 Å². The van der Waals surface area contributed by atoms with Crippen molar-refractivity contribution in [2.45, 2.75) is 38.6 Å². The molecule has 0 unspecified atom stereocenters. The minimum Gasteiger partial charge on any atom is -0.343 e. The Balaban J connectivity index is 1.22. The number of hydrogen-bond acceptors (Lipinski definition) is 4. The molecular formula is C23H26N2O3S. The third-order valence-electron chi connectivity index (χ3n) is 5.99. The van der Waals surface area contributed by atoms with E-state index in [9.17, 15) is 14.4 Å². The zero-order valence-electron chi connectivity index (χ0n) is 16.5. The van der Waals surface area contributed by atoms with Crippen LogP contribution in [0, 0.1) is 5.92 Å². The molecule has 2 aliphatic heterocycles. The van der Waals surface area contributed by atoms with Gasteiger partial charge in [-0.15, -0.1) is 11.3 Å². The SMILES string of the molecule is O=C(c1ccccc1)C1CCN(C(=O)CCC(=O)N2CCc3sccc3C2)CC1. The van der Waals surface area contributed by atoms with Crippen LogP contribution in [-0.2, 0) is 22.6 Å². The second-order valence-electron chi connectivity index (χ2n) is 7.82. The fourth-order valence-corrected chi connectivity index (χ4v) is 5.11. The smallest absolute Gasteiger partial charge is 0.223 e. The molecule has 2 aliphatic rings. The summed E-state index contributed by atoms with van der Waals surface area (Å²) in [6.45, 7) is 2.60. The lowest BCUT2D eigenvalue weighted by molar-refractivity contribution is -0.138. The van der Waals surface area contributed by atoms with Crippen LogP contribution in [0.2, 0.25) is 0 Å². The molecule has 2 aromatic rings. The summed E-state index contributed by atoms with van der Waals surface area (Å²) in [5.41, 5.74) is 1.99. The van der Waals surface area contributed by atoms with E-state index >= 15 is 0 Å². The molecule has 1 aromatic carbocycles. The van der Waals surface area contributed by atoms with Crippen LogP contribution in [0.3, 0.4) is 0 Å². The van der Waals surface area contributed by atoms with Crippen LogP contribution < -0.4 is 0 Å². The molecule has 0 bridgehead atoms. The number of thiophene rings is 1. The Morgan fingerprint density at radius 1 is 0.897 bits per heavy atom. The van der Waals surface area contributed by atoms with Gasteiger partial charge in [-0.3, -0.25) is 14.4 Å². The number of benzene rings is 1. The fourth-order valence-electron chi connectivity index (χ4n) is 4.22. The topological polar surface area (TPSA) is 57.7 Å². The molecule has 0 aliphatic carbocycles. The van der Waals surface area contributed by atoms with Crippen LogP contribution in [-0.4, -0.2) is 47.0 Å². The van der Waals surface area contributed by atoms with Gasteiger partial charge in [0.05, 0.1) is 0 Å². The quantitative estimate of drug-likeness (QED) is 0.709. The molecule has 1 aromatic heterocycles. The molecule has 2 amide bonds. The highest BCUT2D eigenvalue weighted by molar-refractivity contribution is 7.10. The van der Waals surface area contributed by atoms with Gasteiger partial charge in [0.2, 0.25) is 11.8 Å². The molecule has 152 valence electrons. The van der Waals surface area contributed by atoms with Crippen LogP contribution in [0.25, 0.3) is 0 Å². The lowest BCUT2D eigenvalue weighted by Gasteiger charge is -2.32. The highest BCUT2D eigenvalue weighted by Crippen LogP contribution is 2.25. The fraction of sp³-hybridized carbons (Fsp3) is 0.435. The maximum atomic E-state index is 12.6. The maximum absolute atomic E-state index is 12.6. The number of likely N-dealkylation sites (tertiary alicyclic amines) is 1. The van der Waals surface area contributed by atoms with Crippen molar-refractivity contribution in [3.8, 4) is 0 Å². The summed E-state index contributed by atoms with van der Waals surface area (Å²) in [6, 6.07) is 11.5. The van der Waals surface area contributed by atoms with Gasteiger partial charge in [0, 0.05) is 55.4 Å². The largest absolute Gasteiger partial charge is 0.343 e. The minimum atomic E-state index is -0.0174. The van der Waals surface area contributed by atoms with Crippen molar-refractivity contribution in [3.05, 3.63) is 57.8 Å². The highest BCUT2D eigenvalue weighted by atomic mass is 32.1. The first-order chi connectivity index (χ1) is 14.1. The monoisotopic (exact) mass is 410 g/mol. The summed E-state index contributed by atoms with van der Waals surface area (Å²) in [5, 5.41) is 2.08. The second-order valence-corrected chi connectivity index (χ2v) is 8.82. The minimum absolute atomic E-state index is 0.0174. The first-order valence-electron chi connectivity index (χ1n) is 10.3. The van der Waals surface area contributed by atoms with E-state index in [1.54, 1.807) is 11.3 Å². The Kier molecular flexibility index (Phi) is 6.09. The molecule has 3 heterocycles. The van der Waals surface area contributed by atoms with E-state index in [1.165, 1.54) is 10.4 Å². The Morgan fingerprint density at radius 2 is 1.59 bits per heavy atom. The van der Waals surface area contributed by atoms with Crippen molar-refractivity contribution in [2.24, 2.45) is 5.92 Å². The summed E-state index contributed by atoms with van der Waals surface area (Å²) in [4.78, 5) is 42.7. The number of fused-ring (bicyclic) bond motifs is 1. The van der Waals surface area contributed by atoms with Gasteiger partial charge in [-0.2, -0.15) is 0 Å². The number of nitrogens with zero attached hydrogens (tertiary/aromatic N) is 2. The van der Waals surface area contributed by atoms with Crippen molar-refractivity contribution >= 4 is 28.9 Å². The molecular weight excluding hydrogens is 384 g/mol. The predicted molar refractivity (Wildman–Crippen MR) is 113 cm³/mol. The van der Waals surface area contributed by atoms with E-state index in [0.29, 0.717) is 32.5 Å². The number of Topliss-reactive ketones (excluding diaryl/α,β-unsaturated/α-hetero) is 1. The standard InChI is InChI=1S/C23H26N2O3S/c26-21(6-7-22(27)25-14-10-20-19(16-25)11-15-29-20)24-12-8-18(9-13-24)23(28)17-4-2-1-3-5-17/h1-5,11,15,18H,6-10,12-14,16H2. The maximum Gasteiger partial charge on any atom is 0.223 e. The van der Waals surface area contributed by atoms with Crippen molar-refractivity contribution in [3.63, 3.8) is 0 Å². The number of carbonyl (C=O) groups is 3. The molecule has 0 spiro atoms. The lowest BCUT2D eigenvalue weighted by Crippen LogP contribution is -2.41. The first kappa shape index (κ1) is 19.8. The van der Waals surface area contributed by atoms with Crippen molar-refractivity contribution in [2.75, 3.05) is 19.6 Å². The van der Waals surface area contributed by atoms with Gasteiger partial charge in [-0.1, -0.05) is 30.3 Å². The van der Waals surface area contributed by atoms with Crippen LogP contribution in [0.1, 0.15) is 46.5 Å². The zero-order valence-corrected chi connectivity index (χ0v) is 17.3. The van der Waals surface area contributed by atoms with E-state index in [1.807, 2.05) is 40.1 Å². The summed E-state index contributed by atoms with van der Waals surface area (Å²) in [7, 11) is 0. The first-order valence-corrected chi connectivity index (χ1v) is 11.2. The molecule has 4 rings (SSSR count). The summed E-state index contributed by atoms with van der Waals surface area (Å²) in [6.07, 6.45) is 2.82. The number of rotatable bonds is 5. The third kappa shape index (κ3) is 4.58. The summed E-state index contributed by atoms with van der Waals surface area (Å²) < 4.78 is 0. The number of piperidine rings is 1. The van der Waals surface area contributed by atoms with Crippen molar-refractivity contribution < 1.29 is 14.4 Å². The van der Waals surface area contributed by atoms with Gasteiger partial charge in [0.15, 0.2) is 5.78 Å². The van der Waals surface area contributed by atoms with Crippen LogP contribution in [0.4, 0.5) is 0 Å². The summed E-state index contributed by atoms with van der Waals surface area (Å²) in [5.74, 6) is 0.239. The average Bonchev–Trinajstić information content (AvgIpc) is 3.25. The van der Waals surface area contributed by atoms with E-state index in [0.717, 1.165) is 18.5 Å². The molecule has 0 saturated carbocycles. The van der Waals surface area contributed by atoms with Crippen LogP contribution >= 0.6 is 11.3 Å². The Bertz CT molecular complexity index is 885. The second kappa shape index (κ2) is 8.91. The molecule has 0 radical (unpaired) electrons. The zero-order chi connectivity index (χ0) is 20.2. The molecule has 5 nitrogen and oxygen atoms in total. The van der Waals surface area contributed by atoms with Gasteiger partial charge < -0.3 is 9.80 Å². The van der Waals surface area contributed by atoms with Crippen molar-refractivity contribution in [1.29, 1.82) is 0 Å². The van der Waals surface area contributed by atoms with Crippen LogP contribution in [0.15, 0.2) is 41.8 Å². The Hall–Kier alpha value is -2.47. The lowest BCUT2D eigenvalue weighted by atomic mass is 9.89. The average molecular weight is 411 g/mol. The number of hydrogen-bond donors (Lipinski definition) is 0. The van der Waals surface area contributed by atoms with Gasteiger partial charge in [0.1, 0.15) is 0 Å². The van der Waals surface area contributed by atoms with Crippen LogP contribution in [0.5, 0.6) is 0 Å². The third-order valence-corrected chi connectivity index (χ3v) is 7.01. The van der Waals surface area contributed by atoms with E-state index < -0.39 is 0 Å². The molecule has 0 atom stereocenters. The number of carbonyl (C=O) groups excluding carboxylic acids is 3. The van der Waals surface area contributed by atoms with Gasteiger partial charge in [0.25, 0.3) is 0 Å². The summed E-state index contributed by atoms with van der Waals surface area (Å²) >= 11 is 1.75. The Morgan fingerprint density at radius 3 is 2.31 bits per heavy atom. The molecule has 1 saturated heterocycles. The van der Waals surface area contributed by atoms with E-state index in [-0.39, 0.29) is 36.4 Å². The van der Waals surface area contributed by atoms with Crippen molar-refractivity contribution in [1.82, 2.24) is 9.80 Å². The highest BCUT2D eigenvalue weighted by Gasteiger charge is 2.28. The molecule has 0 N–H and O–H groups in total. The predicted octanol–water partition coefficient (Wildman–Crippen LogP) is 3.53. The van der Waals surface area contributed by atoms with Gasteiger partial charge in [-0.05, 0) is 36.3 Å². The molecule has 6 heteroatoms. The normalized spacial score (nSPS) is 17.1. The Labute approximate surface area is 175 Å². The van der Waals surface area contributed by atoms with E-state index in [2.05, 4.69) is 11.4 Å². The van der Waals surface area contributed by atoms with E-state index in [4.69, 9.17) is 0 Å². The molecule has 1 fully saturated rings. The van der Waals surface area contributed by atoms with Gasteiger partial charge >= 0.3 is 0 Å². The number of amides is 2. The number of ketones is 1. The molecule has 29 heavy (non-hydrogen) atoms.